The molecule has 10 nitrogen and oxygen atoms in total. The summed E-state index contributed by atoms with van der Waals surface area (Å²) in [5, 5.41) is 22.5. The van der Waals surface area contributed by atoms with Crippen molar-refractivity contribution in [2.24, 2.45) is 0 Å². The summed E-state index contributed by atoms with van der Waals surface area (Å²) in [4.78, 5) is 16.3. The lowest BCUT2D eigenvalue weighted by Gasteiger charge is -2.47. The van der Waals surface area contributed by atoms with Crippen LogP contribution in [0.15, 0.2) is 0 Å². The van der Waals surface area contributed by atoms with E-state index in [9.17, 15) is 9.90 Å². The van der Waals surface area contributed by atoms with Gasteiger partial charge in [-0.2, -0.15) is 5.26 Å². The van der Waals surface area contributed by atoms with Crippen LogP contribution in [0, 0.1) is 11.3 Å². The van der Waals surface area contributed by atoms with Gasteiger partial charge in [-0.3, -0.25) is 9.69 Å². The van der Waals surface area contributed by atoms with Gasteiger partial charge in [0.2, 0.25) is 11.7 Å². The van der Waals surface area contributed by atoms with Crippen LogP contribution in [0.5, 0.6) is 0 Å². The van der Waals surface area contributed by atoms with Crippen LogP contribution in [0.1, 0.15) is 47.0 Å². The lowest BCUT2D eigenvalue weighted by atomic mass is 9.97. The third kappa shape index (κ3) is 5.25. The van der Waals surface area contributed by atoms with Gasteiger partial charge in [-0.15, -0.1) is 0 Å². The van der Waals surface area contributed by atoms with Crippen molar-refractivity contribution in [1.82, 2.24) is 15.1 Å². The van der Waals surface area contributed by atoms with Crippen molar-refractivity contribution in [3.05, 3.63) is 0 Å². The zero-order valence-corrected chi connectivity index (χ0v) is 19.5. The number of aliphatic hydroxyl groups is 1. The Balaban J connectivity index is 1.26. The first-order valence-corrected chi connectivity index (χ1v) is 11.6. The maximum Gasteiger partial charge on any atom is 0.237 e. The number of hydrogen-bond acceptors (Lipinski definition) is 9. The van der Waals surface area contributed by atoms with Crippen LogP contribution in [0.3, 0.4) is 0 Å². The Morgan fingerprint density at radius 3 is 2.81 bits per heavy atom. The summed E-state index contributed by atoms with van der Waals surface area (Å²) in [5.74, 6) is -2.89. The molecule has 0 bridgehead atoms. The third-order valence-electron chi connectivity index (χ3n) is 6.45. The number of likely N-dealkylation sites (tertiary alicyclic amines) is 2. The molecule has 10 heteroatoms. The number of hydrogen-bond donors (Lipinski definition) is 2. The van der Waals surface area contributed by atoms with E-state index < -0.39 is 17.4 Å². The van der Waals surface area contributed by atoms with Gasteiger partial charge in [-0.05, 0) is 40.5 Å². The first kappa shape index (κ1) is 23.8. The van der Waals surface area contributed by atoms with Gasteiger partial charge in [-0.25, -0.2) is 0 Å². The molecule has 4 aliphatic rings. The molecule has 0 spiro atoms. The van der Waals surface area contributed by atoms with E-state index in [-0.39, 0.29) is 36.7 Å². The van der Waals surface area contributed by atoms with Crippen LogP contribution in [0.4, 0.5) is 0 Å². The van der Waals surface area contributed by atoms with Gasteiger partial charge < -0.3 is 34.3 Å². The molecule has 4 aliphatic heterocycles. The molecule has 4 saturated heterocycles. The van der Waals surface area contributed by atoms with Gasteiger partial charge in [0, 0.05) is 32.1 Å². The number of nitrogens with one attached hydrogen (secondary N) is 1. The second-order valence-corrected chi connectivity index (χ2v) is 10.3. The Bertz CT molecular complexity index is 744. The average Bonchev–Trinajstić information content (AvgIpc) is 3.22. The molecule has 0 saturated carbocycles. The standard InChI is InChI=1S/C22H36N4O6/c1-20(2,28)30-17-8-18-22(29-13-17,32-21(3,4)31-18)14-25-11-15(12-25)24-10-19(27)26-7-5-6-16(26)9-23/h15-18,24,28H,5-8,10-14H2,1-4H3/t16-,17-,18-,22-/m0/s1. The summed E-state index contributed by atoms with van der Waals surface area (Å²) >= 11 is 0. The summed E-state index contributed by atoms with van der Waals surface area (Å²) in [7, 11) is 0. The van der Waals surface area contributed by atoms with E-state index in [0.29, 0.717) is 26.1 Å². The van der Waals surface area contributed by atoms with Gasteiger partial charge in [0.15, 0.2) is 11.6 Å². The molecule has 0 aromatic rings. The van der Waals surface area contributed by atoms with Gasteiger partial charge >= 0.3 is 0 Å². The summed E-state index contributed by atoms with van der Waals surface area (Å²) in [6, 6.07) is 2.14. The van der Waals surface area contributed by atoms with Gasteiger partial charge in [0.05, 0.1) is 31.9 Å². The quantitative estimate of drug-likeness (QED) is 0.521. The van der Waals surface area contributed by atoms with E-state index >= 15 is 0 Å². The smallest absolute Gasteiger partial charge is 0.237 e. The molecule has 0 aliphatic carbocycles. The van der Waals surface area contributed by atoms with E-state index in [1.807, 2.05) is 13.8 Å². The van der Waals surface area contributed by atoms with Crippen molar-refractivity contribution >= 4 is 5.91 Å². The number of nitriles is 1. The van der Waals surface area contributed by atoms with Gasteiger partial charge in [-0.1, -0.05) is 0 Å². The fraction of sp³-hybridized carbons (Fsp3) is 0.909. The average molecular weight is 453 g/mol. The SMILES string of the molecule is CC(C)(O)O[C@@H]1CO[C@@]2(CN3CC(NCC(=O)N4CCC[C@H]4C#N)C3)OC(C)(C)O[C@H]2C1. The third-order valence-corrected chi connectivity index (χ3v) is 6.45. The lowest BCUT2D eigenvalue weighted by Crippen LogP contribution is -2.65. The Labute approximate surface area is 189 Å². The molecule has 4 atom stereocenters. The lowest BCUT2D eigenvalue weighted by molar-refractivity contribution is -0.306. The largest absolute Gasteiger partial charge is 0.366 e. The Morgan fingerprint density at radius 2 is 2.12 bits per heavy atom. The summed E-state index contributed by atoms with van der Waals surface area (Å²) in [6.07, 6.45) is 1.66. The highest BCUT2D eigenvalue weighted by Gasteiger charge is 2.59. The highest BCUT2D eigenvalue weighted by atomic mass is 16.8. The first-order chi connectivity index (χ1) is 15.0. The molecule has 4 heterocycles. The number of rotatable bonds is 7. The summed E-state index contributed by atoms with van der Waals surface area (Å²) < 4.78 is 24.2. The van der Waals surface area contributed by atoms with E-state index in [4.69, 9.17) is 24.2 Å². The normalized spacial score (nSPS) is 35.4. The number of amides is 1. The first-order valence-electron chi connectivity index (χ1n) is 11.6. The Morgan fingerprint density at radius 1 is 1.38 bits per heavy atom. The van der Waals surface area contributed by atoms with Crippen molar-refractivity contribution in [3.63, 3.8) is 0 Å². The fourth-order valence-corrected chi connectivity index (χ4v) is 5.17. The molecule has 0 unspecified atom stereocenters. The van der Waals surface area contributed by atoms with E-state index in [1.165, 1.54) is 0 Å². The van der Waals surface area contributed by atoms with E-state index in [0.717, 1.165) is 25.9 Å². The Kier molecular flexibility index (Phi) is 6.55. The van der Waals surface area contributed by atoms with E-state index in [2.05, 4.69) is 16.3 Å². The van der Waals surface area contributed by atoms with Crippen LogP contribution in [0.25, 0.3) is 0 Å². The van der Waals surface area contributed by atoms with Crippen LogP contribution in [0.2, 0.25) is 0 Å². The van der Waals surface area contributed by atoms with Crippen molar-refractivity contribution < 1.29 is 28.8 Å². The number of carbonyl (C=O) groups excluding carboxylic acids is 1. The summed E-state index contributed by atoms with van der Waals surface area (Å²) in [6.45, 7) is 10.3. The van der Waals surface area contributed by atoms with E-state index in [1.54, 1.807) is 18.7 Å². The molecule has 4 fully saturated rings. The van der Waals surface area contributed by atoms with Crippen LogP contribution in [-0.4, -0.2) is 102 Å². The molecule has 180 valence electrons. The number of fused-ring (bicyclic) bond motifs is 1. The molecule has 0 aromatic carbocycles. The van der Waals surface area contributed by atoms with Crippen molar-refractivity contribution in [2.45, 2.75) is 88.6 Å². The van der Waals surface area contributed by atoms with Crippen molar-refractivity contribution in [2.75, 3.05) is 39.3 Å². The summed E-state index contributed by atoms with van der Waals surface area (Å²) in [5.41, 5.74) is 0. The second-order valence-electron chi connectivity index (χ2n) is 10.3. The van der Waals surface area contributed by atoms with Crippen molar-refractivity contribution in [3.8, 4) is 6.07 Å². The van der Waals surface area contributed by atoms with Crippen molar-refractivity contribution in [1.29, 1.82) is 5.26 Å². The molecule has 32 heavy (non-hydrogen) atoms. The molecule has 2 N–H and O–H groups in total. The highest BCUT2D eigenvalue weighted by molar-refractivity contribution is 5.79. The second kappa shape index (κ2) is 8.80. The maximum atomic E-state index is 12.4. The molecule has 4 rings (SSSR count). The minimum absolute atomic E-state index is 0.00565. The monoisotopic (exact) mass is 452 g/mol. The molecule has 1 amide bonds. The maximum absolute atomic E-state index is 12.4. The molecular weight excluding hydrogens is 416 g/mol. The predicted octanol–water partition coefficient (Wildman–Crippen LogP) is 0.156. The minimum Gasteiger partial charge on any atom is -0.366 e. The topological polar surface area (TPSA) is 117 Å². The number of carbonyl (C=O) groups is 1. The zero-order valence-electron chi connectivity index (χ0n) is 19.5. The molecule has 0 radical (unpaired) electrons. The molecular formula is C22H36N4O6. The van der Waals surface area contributed by atoms with Gasteiger partial charge in [0.1, 0.15) is 12.1 Å². The van der Waals surface area contributed by atoms with Crippen LogP contribution >= 0.6 is 0 Å². The molecule has 0 aromatic heterocycles. The fourth-order valence-electron chi connectivity index (χ4n) is 5.17. The van der Waals surface area contributed by atoms with Crippen LogP contribution in [-0.2, 0) is 23.7 Å². The number of ether oxygens (including phenoxy) is 4. The number of nitrogens with zero attached hydrogens (tertiary/aromatic N) is 3. The zero-order chi connectivity index (χ0) is 23.1. The van der Waals surface area contributed by atoms with Gasteiger partial charge in [0.25, 0.3) is 0 Å². The minimum atomic E-state index is -1.24. The Hall–Kier alpha value is -1.32. The predicted molar refractivity (Wildman–Crippen MR) is 113 cm³/mol. The highest BCUT2D eigenvalue weighted by Crippen LogP contribution is 2.44. The van der Waals surface area contributed by atoms with Crippen LogP contribution < -0.4 is 5.32 Å².